The summed E-state index contributed by atoms with van der Waals surface area (Å²) in [6.45, 7) is 6.55. The molecule has 0 saturated heterocycles. The molecule has 0 aliphatic heterocycles. The monoisotopic (exact) mass is 204 g/mol. The molecule has 2 rings (SSSR count). The lowest BCUT2D eigenvalue weighted by Gasteiger charge is -2.15. The van der Waals surface area contributed by atoms with Crippen LogP contribution in [0.15, 0.2) is 12.3 Å². The van der Waals surface area contributed by atoms with E-state index in [0.29, 0.717) is 5.69 Å². The third-order valence-electron chi connectivity index (χ3n) is 2.11. The molecule has 0 spiro atoms. The van der Waals surface area contributed by atoms with E-state index in [-0.39, 0.29) is 5.41 Å². The van der Waals surface area contributed by atoms with E-state index in [1.165, 1.54) is 0 Å². The van der Waals surface area contributed by atoms with Gasteiger partial charge in [-0.1, -0.05) is 20.8 Å². The highest BCUT2D eigenvalue weighted by Crippen LogP contribution is 2.20. The van der Waals surface area contributed by atoms with Gasteiger partial charge in [0.25, 0.3) is 0 Å². The summed E-state index contributed by atoms with van der Waals surface area (Å²) in [7, 11) is 0. The number of hydrogen-bond acceptors (Lipinski definition) is 3. The van der Waals surface area contributed by atoms with Gasteiger partial charge in [-0.15, -0.1) is 0 Å². The predicted octanol–water partition coefficient (Wildman–Crippen LogP) is 2.13. The maximum absolute atomic E-state index is 5.65. The first-order valence-corrected chi connectivity index (χ1v) is 5.04. The van der Waals surface area contributed by atoms with Gasteiger partial charge in [0.05, 0.1) is 17.4 Å². The molecular formula is C11H16N4. The Kier molecular flexibility index (Phi) is 2.14. The number of nitrogens with zero attached hydrogens (tertiary/aromatic N) is 2. The van der Waals surface area contributed by atoms with Crippen molar-refractivity contribution in [3.63, 3.8) is 0 Å². The summed E-state index contributed by atoms with van der Waals surface area (Å²) in [5, 5.41) is 0. The van der Waals surface area contributed by atoms with E-state index in [1.54, 1.807) is 6.20 Å². The molecule has 0 aliphatic rings. The summed E-state index contributed by atoms with van der Waals surface area (Å²) in [5.41, 5.74) is 8.18. The predicted molar refractivity (Wildman–Crippen MR) is 61.5 cm³/mol. The van der Waals surface area contributed by atoms with Gasteiger partial charge < -0.3 is 10.7 Å². The van der Waals surface area contributed by atoms with Gasteiger partial charge in [0.15, 0.2) is 5.65 Å². The van der Waals surface area contributed by atoms with Crippen LogP contribution in [0.2, 0.25) is 0 Å². The lowest BCUT2D eigenvalue weighted by molar-refractivity contribution is 0.402. The van der Waals surface area contributed by atoms with E-state index < -0.39 is 0 Å². The Labute approximate surface area is 88.9 Å². The number of aromatic amines is 1. The van der Waals surface area contributed by atoms with Gasteiger partial charge in [0.1, 0.15) is 5.82 Å². The van der Waals surface area contributed by atoms with Crippen molar-refractivity contribution in [2.45, 2.75) is 27.2 Å². The summed E-state index contributed by atoms with van der Waals surface area (Å²) in [5.74, 6) is 0.968. The molecule has 0 fully saturated rings. The van der Waals surface area contributed by atoms with Crippen LogP contribution >= 0.6 is 0 Å². The highest BCUT2D eigenvalue weighted by molar-refractivity contribution is 5.73. The van der Waals surface area contributed by atoms with Crippen LogP contribution in [-0.4, -0.2) is 15.0 Å². The molecule has 2 aromatic heterocycles. The summed E-state index contributed by atoms with van der Waals surface area (Å²) < 4.78 is 0. The molecular weight excluding hydrogens is 188 g/mol. The Bertz CT molecular complexity index is 479. The van der Waals surface area contributed by atoms with Crippen molar-refractivity contribution < 1.29 is 0 Å². The average Bonchev–Trinajstić information content (AvgIpc) is 2.42. The van der Waals surface area contributed by atoms with Crippen LogP contribution < -0.4 is 5.73 Å². The summed E-state index contributed by atoms with van der Waals surface area (Å²) in [6, 6.07) is 1.86. The minimum atomic E-state index is 0.222. The van der Waals surface area contributed by atoms with Crippen molar-refractivity contribution in [3.8, 4) is 0 Å². The highest BCUT2D eigenvalue weighted by atomic mass is 15.0. The smallest absolute Gasteiger partial charge is 0.177 e. The third kappa shape index (κ3) is 2.26. The second-order valence-electron chi connectivity index (χ2n) is 5.06. The molecule has 15 heavy (non-hydrogen) atoms. The molecule has 2 aromatic rings. The zero-order valence-corrected chi connectivity index (χ0v) is 9.33. The third-order valence-corrected chi connectivity index (χ3v) is 2.11. The van der Waals surface area contributed by atoms with Gasteiger partial charge in [-0.25, -0.2) is 9.97 Å². The van der Waals surface area contributed by atoms with Crippen LogP contribution in [-0.2, 0) is 6.42 Å². The standard InChI is InChI=1S/C11H16N4/c1-11(2,3)5-9-14-8-4-7(12)6-13-10(8)15-9/h4,6H,5,12H2,1-3H3,(H,13,14,15). The largest absolute Gasteiger partial charge is 0.397 e. The molecule has 0 saturated carbocycles. The Morgan fingerprint density at radius 1 is 1.40 bits per heavy atom. The SMILES string of the molecule is CC(C)(C)Cc1nc2ncc(N)cc2[nH]1. The first-order chi connectivity index (χ1) is 6.94. The van der Waals surface area contributed by atoms with Crippen LogP contribution in [0.5, 0.6) is 0 Å². The topological polar surface area (TPSA) is 67.6 Å². The maximum Gasteiger partial charge on any atom is 0.177 e. The maximum atomic E-state index is 5.65. The number of anilines is 1. The molecule has 0 bridgehead atoms. The molecule has 4 heteroatoms. The second kappa shape index (κ2) is 3.22. The molecule has 0 radical (unpaired) electrons. The van der Waals surface area contributed by atoms with E-state index in [4.69, 9.17) is 5.73 Å². The Balaban J connectivity index is 2.39. The minimum absolute atomic E-state index is 0.222. The fraction of sp³-hybridized carbons (Fsp3) is 0.455. The van der Waals surface area contributed by atoms with Crippen LogP contribution in [0.25, 0.3) is 11.2 Å². The number of aromatic nitrogens is 3. The lowest BCUT2D eigenvalue weighted by atomic mass is 9.92. The van der Waals surface area contributed by atoms with Crippen LogP contribution in [0.4, 0.5) is 5.69 Å². The number of pyridine rings is 1. The minimum Gasteiger partial charge on any atom is -0.397 e. The number of nitrogens with one attached hydrogen (secondary N) is 1. The number of hydrogen-bond donors (Lipinski definition) is 2. The number of nitrogens with two attached hydrogens (primary N) is 1. The van der Waals surface area contributed by atoms with Crippen molar-refractivity contribution >= 4 is 16.9 Å². The zero-order valence-electron chi connectivity index (χ0n) is 9.33. The van der Waals surface area contributed by atoms with Gasteiger partial charge >= 0.3 is 0 Å². The van der Waals surface area contributed by atoms with Crippen molar-refractivity contribution in [1.29, 1.82) is 0 Å². The lowest BCUT2D eigenvalue weighted by Crippen LogP contribution is -2.10. The van der Waals surface area contributed by atoms with Gasteiger partial charge in [0.2, 0.25) is 0 Å². The second-order valence-corrected chi connectivity index (χ2v) is 5.06. The molecule has 0 aliphatic carbocycles. The molecule has 0 aromatic carbocycles. The first-order valence-electron chi connectivity index (χ1n) is 5.04. The van der Waals surface area contributed by atoms with Crippen molar-refractivity contribution in [3.05, 3.63) is 18.1 Å². The Hall–Kier alpha value is -1.58. The van der Waals surface area contributed by atoms with Crippen LogP contribution in [0.3, 0.4) is 0 Å². The van der Waals surface area contributed by atoms with Crippen molar-refractivity contribution in [1.82, 2.24) is 15.0 Å². The fourth-order valence-corrected chi connectivity index (χ4v) is 1.55. The summed E-state index contributed by atoms with van der Waals surface area (Å²) >= 11 is 0. The zero-order chi connectivity index (χ0) is 11.1. The first kappa shape index (κ1) is 9.96. The number of nitrogen functional groups attached to an aromatic ring is 1. The molecule has 0 atom stereocenters. The van der Waals surface area contributed by atoms with E-state index in [9.17, 15) is 0 Å². The van der Waals surface area contributed by atoms with Gasteiger partial charge in [-0.2, -0.15) is 0 Å². The van der Waals surface area contributed by atoms with E-state index in [0.717, 1.165) is 23.4 Å². The van der Waals surface area contributed by atoms with E-state index >= 15 is 0 Å². The Morgan fingerprint density at radius 2 is 2.13 bits per heavy atom. The Morgan fingerprint density at radius 3 is 2.80 bits per heavy atom. The highest BCUT2D eigenvalue weighted by Gasteiger charge is 2.14. The average molecular weight is 204 g/mol. The van der Waals surface area contributed by atoms with Gasteiger partial charge in [-0.05, 0) is 11.5 Å². The van der Waals surface area contributed by atoms with Gasteiger partial charge in [0, 0.05) is 6.42 Å². The molecule has 80 valence electrons. The quantitative estimate of drug-likeness (QED) is 0.747. The van der Waals surface area contributed by atoms with Crippen molar-refractivity contribution in [2.75, 3.05) is 5.73 Å². The number of imidazole rings is 1. The number of H-pyrrole nitrogens is 1. The number of fused-ring (bicyclic) bond motifs is 1. The number of rotatable bonds is 1. The summed E-state index contributed by atoms with van der Waals surface area (Å²) in [4.78, 5) is 11.8. The van der Waals surface area contributed by atoms with Gasteiger partial charge in [-0.3, -0.25) is 0 Å². The molecule has 0 unspecified atom stereocenters. The fourth-order valence-electron chi connectivity index (χ4n) is 1.55. The van der Waals surface area contributed by atoms with E-state index in [1.807, 2.05) is 6.07 Å². The van der Waals surface area contributed by atoms with E-state index in [2.05, 4.69) is 35.7 Å². The molecule has 0 amide bonds. The molecule has 4 nitrogen and oxygen atoms in total. The summed E-state index contributed by atoms with van der Waals surface area (Å²) in [6.07, 6.45) is 2.54. The van der Waals surface area contributed by atoms with Crippen LogP contribution in [0, 0.1) is 5.41 Å². The normalized spacial score (nSPS) is 12.2. The molecule has 2 heterocycles. The van der Waals surface area contributed by atoms with Crippen LogP contribution in [0.1, 0.15) is 26.6 Å². The van der Waals surface area contributed by atoms with Crippen molar-refractivity contribution in [2.24, 2.45) is 5.41 Å². The molecule has 3 N–H and O–H groups in total.